The summed E-state index contributed by atoms with van der Waals surface area (Å²) < 4.78 is 2.07. The van der Waals surface area contributed by atoms with Crippen molar-refractivity contribution in [3.05, 3.63) is 23.7 Å². The number of alkyl halides is 1. The summed E-state index contributed by atoms with van der Waals surface area (Å²) in [5, 5.41) is 2.86. The third-order valence-electron chi connectivity index (χ3n) is 3.39. The van der Waals surface area contributed by atoms with E-state index in [2.05, 4.69) is 19.9 Å². The normalized spacial score (nSPS) is 19.1. The molecule has 0 saturated carbocycles. The summed E-state index contributed by atoms with van der Waals surface area (Å²) in [6, 6.07) is 4.00. The average molecular weight is 279 g/mol. The van der Waals surface area contributed by atoms with E-state index in [-0.39, 0.29) is 11.9 Å². The van der Waals surface area contributed by atoms with E-state index in [0.29, 0.717) is 25.3 Å². The summed E-state index contributed by atoms with van der Waals surface area (Å²) in [6.45, 7) is 2.59. The molecule has 0 aliphatic carbocycles. The molecule has 2 aromatic rings. The highest BCUT2D eigenvalue weighted by Gasteiger charge is 2.27. The molecule has 5 nitrogen and oxygen atoms in total. The highest BCUT2D eigenvalue weighted by molar-refractivity contribution is 6.17. The molecule has 0 spiro atoms. The van der Waals surface area contributed by atoms with Crippen LogP contribution in [0.25, 0.3) is 11.2 Å². The second-order valence-electron chi connectivity index (χ2n) is 4.79. The van der Waals surface area contributed by atoms with Gasteiger partial charge in [-0.1, -0.05) is 0 Å². The second-order valence-corrected chi connectivity index (χ2v) is 5.17. The molecule has 1 aliphatic heterocycles. The number of imidazole rings is 1. The minimum atomic E-state index is 0.0799. The standard InChI is InChI=1S/C13H15ClN4O/c1-8-2-3-10-13(16-8)18(11(17-10)4-5-14)9-6-12(19)15-7-9/h2-3,9H,4-7H2,1H3,(H,15,19). The van der Waals surface area contributed by atoms with E-state index in [1.165, 1.54) is 0 Å². The Bertz CT molecular complexity index is 637. The molecule has 1 amide bonds. The number of fused-ring (bicyclic) bond motifs is 1. The SMILES string of the molecule is Cc1ccc2nc(CCCl)n(C3CNC(=O)C3)c2n1. The molecule has 100 valence electrons. The Morgan fingerprint density at radius 2 is 2.32 bits per heavy atom. The van der Waals surface area contributed by atoms with Crippen LogP contribution in [0.4, 0.5) is 0 Å². The Morgan fingerprint density at radius 3 is 3.00 bits per heavy atom. The number of nitrogens with one attached hydrogen (secondary N) is 1. The van der Waals surface area contributed by atoms with Gasteiger partial charge in [0.15, 0.2) is 5.65 Å². The lowest BCUT2D eigenvalue weighted by Crippen LogP contribution is -2.17. The molecule has 1 atom stereocenters. The molecule has 6 heteroatoms. The van der Waals surface area contributed by atoms with Crippen molar-refractivity contribution in [3.63, 3.8) is 0 Å². The van der Waals surface area contributed by atoms with Gasteiger partial charge < -0.3 is 9.88 Å². The molecule has 3 rings (SSSR count). The van der Waals surface area contributed by atoms with Crippen LogP contribution in [0.1, 0.15) is 24.0 Å². The minimum Gasteiger partial charge on any atom is -0.354 e. The summed E-state index contributed by atoms with van der Waals surface area (Å²) in [4.78, 5) is 20.6. The molecule has 0 bridgehead atoms. The molecule has 19 heavy (non-hydrogen) atoms. The Balaban J connectivity index is 2.15. The van der Waals surface area contributed by atoms with Gasteiger partial charge in [-0.2, -0.15) is 0 Å². The number of carbonyl (C=O) groups excluding carboxylic acids is 1. The maximum absolute atomic E-state index is 11.4. The molecule has 3 heterocycles. The number of aromatic nitrogens is 3. The maximum atomic E-state index is 11.4. The Hall–Kier alpha value is -1.62. The summed E-state index contributed by atoms with van der Waals surface area (Å²) in [5.41, 5.74) is 2.66. The quantitative estimate of drug-likeness (QED) is 0.867. The first kappa shape index (κ1) is 12.4. The number of aryl methyl sites for hydroxylation is 2. The van der Waals surface area contributed by atoms with E-state index in [1.54, 1.807) is 0 Å². The minimum absolute atomic E-state index is 0.0799. The Labute approximate surface area is 116 Å². The van der Waals surface area contributed by atoms with Gasteiger partial charge in [-0.25, -0.2) is 9.97 Å². The highest BCUT2D eigenvalue weighted by atomic mass is 35.5. The van der Waals surface area contributed by atoms with Crippen molar-refractivity contribution in [3.8, 4) is 0 Å². The van der Waals surface area contributed by atoms with Gasteiger partial charge in [0.25, 0.3) is 0 Å². The van der Waals surface area contributed by atoms with E-state index in [0.717, 1.165) is 22.7 Å². The zero-order chi connectivity index (χ0) is 13.4. The molecule has 1 aliphatic rings. The van der Waals surface area contributed by atoms with Gasteiger partial charge in [0.05, 0.1) is 6.04 Å². The van der Waals surface area contributed by atoms with Gasteiger partial charge >= 0.3 is 0 Å². The van der Waals surface area contributed by atoms with Crippen molar-refractivity contribution < 1.29 is 4.79 Å². The number of pyridine rings is 1. The monoisotopic (exact) mass is 278 g/mol. The first-order valence-corrected chi connectivity index (χ1v) is 6.89. The first-order chi connectivity index (χ1) is 9.19. The Morgan fingerprint density at radius 1 is 1.47 bits per heavy atom. The van der Waals surface area contributed by atoms with Gasteiger partial charge in [0.2, 0.25) is 5.91 Å². The fraction of sp³-hybridized carbons (Fsp3) is 0.462. The zero-order valence-electron chi connectivity index (χ0n) is 10.7. The van der Waals surface area contributed by atoms with E-state index in [1.807, 2.05) is 19.1 Å². The Kier molecular flexibility index (Phi) is 3.14. The highest BCUT2D eigenvalue weighted by Crippen LogP contribution is 2.25. The van der Waals surface area contributed by atoms with Crippen molar-refractivity contribution >= 4 is 28.7 Å². The lowest BCUT2D eigenvalue weighted by atomic mass is 10.2. The number of carbonyl (C=O) groups is 1. The fourth-order valence-corrected chi connectivity index (χ4v) is 2.70. The lowest BCUT2D eigenvalue weighted by molar-refractivity contribution is -0.119. The molecule has 0 aromatic carbocycles. The second kappa shape index (κ2) is 4.81. The van der Waals surface area contributed by atoms with Crippen LogP contribution >= 0.6 is 11.6 Å². The van der Waals surface area contributed by atoms with Crippen LogP contribution in [0.15, 0.2) is 12.1 Å². The number of amides is 1. The lowest BCUT2D eigenvalue weighted by Gasteiger charge is -2.13. The van der Waals surface area contributed by atoms with E-state index < -0.39 is 0 Å². The van der Waals surface area contributed by atoms with Gasteiger partial charge in [-0.05, 0) is 19.1 Å². The number of halogens is 1. The molecular formula is C13H15ClN4O. The largest absolute Gasteiger partial charge is 0.354 e. The molecule has 2 aromatic heterocycles. The number of hydrogen-bond acceptors (Lipinski definition) is 3. The van der Waals surface area contributed by atoms with Gasteiger partial charge in [0.1, 0.15) is 11.3 Å². The van der Waals surface area contributed by atoms with E-state index in [9.17, 15) is 4.79 Å². The molecular weight excluding hydrogens is 264 g/mol. The van der Waals surface area contributed by atoms with E-state index in [4.69, 9.17) is 11.6 Å². The molecule has 1 N–H and O–H groups in total. The maximum Gasteiger partial charge on any atom is 0.222 e. The van der Waals surface area contributed by atoms with Crippen LogP contribution in [-0.4, -0.2) is 32.9 Å². The first-order valence-electron chi connectivity index (χ1n) is 6.36. The molecule has 0 radical (unpaired) electrons. The topological polar surface area (TPSA) is 59.8 Å². The summed E-state index contributed by atoms with van der Waals surface area (Å²) >= 11 is 5.85. The number of hydrogen-bond donors (Lipinski definition) is 1. The number of rotatable bonds is 3. The van der Waals surface area contributed by atoms with Crippen LogP contribution in [0.3, 0.4) is 0 Å². The van der Waals surface area contributed by atoms with Crippen LogP contribution < -0.4 is 5.32 Å². The van der Waals surface area contributed by atoms with Crippen molar-refractivity contribution in [2.75, 3.05) is 12.4 Å². The van der Waals surface area contributed by atoms with Crippen molar-refractivity contribution in [1.29, 1.82) is 0 Å². The smallest absolute Gasteiger partial charge is 0.222 e. The van der Waals surface area contributed by atoms with Crippen LogP contribution in [0.2, 0.25) is 0 Å². The average Bonchev–Trinajstić information content (AvgIpc) is 2.93. The number of nitrogens with zero attached hydrogens (tertiary/aromatic N) is 3. The molecule has 1 saturated heterocycles. The van der Waals surface area contributed by atoms with Gasteiger partial charge in [-0.3, -0.25) is 4.79 Å². The van der Waals surface area contributed by atoms with Crippen LogP contribution in [0.5, 0.6) is 0 Å². The third-order valence-corrected chi connectivity index (χ3v) is 3.58. The predicted molar refractivity (Wildman–Crippen MR) is 73.4 cm³/mol. The predicted octanol–water partition coefficient (Wildman–Crippen LogP) is 1.58. The fourth-order valence-electron chi connectivity index (χ4n) is 2.53. The van der Waals surface area contributed by atoms with Crippen molar-refractivity contribution in [2.45, 2.75) is 25.8 Å². The summed E-state index contributed by atoms with van der Waals surface area (Å²) in [7, 11) is 0. The van der Waals surface area contributed by atoms with Crippen LogP contribution in [-0.2, 0) is 11.2 Å². The van der Waals surface area contributed by atoms with Crippen LogP contribution in [0, 0.1) is 6.92 Å². The summed E-state index contributed by atoms with van der Waals surface area (Å²) in [6.07, 6.45) is 1.16. The van der Waals surface area contributed by atoms with Gasteiger partial charge in [0, 0.05) is 31.0 Å². The summed E-state index contributed by atoms with van der Waals surface area (Å²) in [5.74, 6) is 1.50. The van der Waals surface area contributed by atoms with Gasteiger partial charge in [-0.15, -0.1) is 11.6 Å². The molecule has 1 unspecified atom stereocenters. The van der Waals surface area contributed by atoms with Crippen molar-refractivity contribution in [2.24, 2.45) is 0 Å². The molecule has 1 fully saturated rings. The van der Waals surface area contributed by atoms with E-state index >= 15 is 0 Å². The zero-order valence-corrected chi connectivity index (χ0v) is 11.4. The van der Waals surface area contributed by atoms with Crippen molar-refractivity contribution in [1.82, 2.24) is 19.9 Å². The third kappa shape index (κ3) is 2.18.